The lowest BCUT2D eigenvalue weighted by atomic mass is 9.68. The number of allylic oxidation sites excluding steroid dienone is 10. The molecule has 8 unspecified atom stereocenters. The van der Waals surface area contributed by atoms with Gasteiger partial charge >= 0.3 is 0 Å². The molecule has 0 fully saturated rings. The van der Waals surface area contributed by atoms with Gasteiger partial charge in [0.15, 0.2) is 0 Å². The maximum Gasteiger partial charge on any atom is 0.0950 e. The zero-order valence-corrected chi connectivity index (χ0v) is 31.5. The van der Waals surface area contributed by atoms with Gasteiger partial charge in [0.1, 0.15) is 0 Å². The number of fused-ring (bicyclic) bond motifs is 4. The highest BCUT2D eigenvalue weighted by atomic mass is 15.3. The fourth-order valence-electron chi connectivity index (χ4n) is 13.1. The van der Waals surface area contributed by atoms with Gasteiger partial charge < -0.3 is 9.80 Å². The van der Waals surface area contributed by atoms with Crippen LogP contribution in [0.4, 0.5) is 0 Å². The van der Waals surface area contributed by atoms with E-state index in [-0.39, 0.29) is 17.0 Å². The molecule has 0 saturated heterocycles. The van der Waals surface area contributed by atoms with Gasteiger partial charge in [-0.25, -0.2) is 0 Å². The number of nitriles is 2. The van der Waals surface area contributed by atoms with Gasteiger partial charge in [-0.2, -0.15) is 10.5 Å². The van der Waals surface area contributed by atoms with E-state index in [1.807, 2.05) is 0 Å². The second-order valence-corrected chi connectivity index (χ2v) is 18.0. The average molecular weight is 679 g/mol. The minimum atomic E-state index is -0.0396. The second-order valence-electron chi connectivity index (χ2n) is 18.0. The summed E-state index contributed by atoms with van der Waals surface area (Å²) >= 11 is 0. The molecule has 0 spiro atoms. The van der Waals surface area contributed by atoms with Crippen molar-refractivity contribution in [3.63, 3.8) is 0 Å². The molecule has 0 aromatic carbocycles. The zero-order valence-electron chi connectivity index (χ0n) is 31.5. The molecular formula is C47H58N4. The van der Waals surface area contributed by atoms with E-state index in [9.17, 15) is 10.5 Å². The molecule has 9 rings (SSSR count). The highest BCUT2D eigenvalue weighted by Gasteiger charge is 2.56. The first-order chi connectivity index (χ1) is 24.9. The molecular weight excluding hydrogens is 621 g/mol. The summed E-state index contributed by atoms with van der Waals surface area (Å²) in [4.78, 5) is 5.93. The number of hydrogen-bond acceptors (Lipinski definition) is 4. The Bertz CT molecular complexity index is 1810. The second kappa shape index (κ2) is 12.9. The molecule has 7 aliphatic carbocycles. The van der Waals surface area contributed by atoms with Crippen LogP contribution in [0.1, 0.15) is 130 Å². The Balaban J connectivity index is 1.15. The largest absolute Gasteiger partial charge is 0.362 e. The van der Waals surface area contributed by atoms with Gasteiger partial charge in [-0.3, -0.25) is 0 Å². The lowest BCUT2D eigenvalue weighted by Crippen LogP contribution is -2.56. The van der Waals surface area contributed by atoms with Crippen LogP contribution in [0.25, 0.3) is 0 Å². The Morgan fingerprint density at radius 1 is 0.784 bits per heavy atom. The van der Waals surface area contributed by atoms with Gasteiger partial charge in [0.05, 0.1) is 35.2 Å². The average Bonchev–Trinajstić information content (AvgIpc) is 3.60. The lowest BCUT2D eigenvalue weighted by molar-refractivity contribution is 0.0645. The topological polar surface area (TPSA) is 54.1 Å². The van der Waals surface area contributed by atoms with E-state index in [4.69, 9.17) is 0 Å². The standard InChI is InChI=1S/C47H58N4/c1-31-34(29-48)21-22-44-45(31)42-19-9-11-24-47(42,3)51(44)38-27-36(32-14-12-15-33(25-32)39-16-5-4-13-35(39)30-49)26-37(28-38)50-43-20-7-6-17-40(43)41-18-8-10-23-46(41,50)2/h6,10-11,15,17,23-24,27,31-32,34,37-38,41-42H,4-5,7-9,12-14,16,18-22,25-26,28H2,1-3H3/t31?,32?,34?,37?,38?,41?,42?,46?,47-/m1/s1. The summed E-state index contributed by atoms with van der Waals surface area (Å²) in [7, 11) is 0. The summed E-state index contributed by atoms with van der Waals surface area (Å²) < 4.78 is 0. The van der Waals surface area contributed by atoms with Crippen molar-refractivity contribution in [2.75, 3.05) is 0 Å². The van der Waals surface area contributed by atoms with Crippen molar-refractivity contribution >= 4 is 0 Å². The van der Waals surface area contributed by atoms with Crippen LogP contribution in [-0.4, -0.2) is 33.0 Å². The van der Waals surface area contributed by atoms with E-state index in [0.29, 0.717) is 35.8 Å². The molecule has 0 radical (unpaired) electrons. The molecule has 9 atom stereocenters. The number of rotatable bonds is 4. The fourth-order valence-corrected chi connectivity index (χ4v) is 13.1. The Morgan fingerprint density at radius 3 is 2.37 bits per heavy atom. The summed E-state index contributed by atoms with van der Waals surface area (Å²) in [6.07, 6.45) is 39.6. The van der Waals surface area contributed by atoms with Crippen molar-refractivity contribution in [1.29, 1.82) is 10.5 Å². The van der Waals surface area contributed by atoms with E-state index >= 15 is 0 Å². The highest BCUT2D eigenvalue weighted by Crippen LogP contribution is 2.58. The minimum Gasteiger partial charge on any atom is -0.362 e. The van der Waals surface area contributed by atoms with Gasteiger partial charge in [-0.15, -0.1) is 0 Å². The van der Waals surface area contributed by atoms with E-state index in [2.05, 4.69) is 91.3 Å². The monoisotopic (exact) mass is 678 g/mol. The SMILES string of the molecule is CC1C2=C(CCC1C#N)N(C1C=C(C3CCC=C(C4=C(C#N)CCCC4)C3)CC(N3C4=C(C=CCC4)C4CCC=CC43C)C1)[C@]1(C)C=CCCC21. The lowest BCUT2D eigenvalue weighted by Gasteiger charge is -2.53. The smallest absolute Gasteiger partial charge is 0.0950 e. The van der Waals surface area contributed by atoms with Crippen LogP contribution >= 0.6 is 0 Å². The maximum atomic E-state index is 10.2. The van der Waals surface area contributed by atoms with Crippen molar-refractivity contribution in [3.8, 4) is 12.1 Å². The summed E-state index contributed by atoms with van der Waals surface area (Å²) in [5.74, 6) is 2.08. The third kappa shape index (κ3) is 5.17. The third-order valence-corrected chi connectivity index (χ3v) is 15.4. The van der Waals surface area contributed by atoms with Gasteiger partial charge in [-0.1, -0.05) is 61.1 Å². The summed E-state index contributed by atoms with van der Waals surface area (Å²) in [5.41, 5.74) is 12.1. The quantitative estimate of drug-likeness (QED) is 0.278. The molecule has 2 aliphatic heterocycles. The molecule has 51 heavy (non-hydrogen) atoms. The molecule has 0 amide bonds. The Kier molecular flexibility index (Phi) is 8.41. The molecule has 0 aromatic rings. The van der Waals surface area contributed by atoms with Gasteiger partial charge in [0.2, 0.25) is 0 Å². The van der Waals surface area contributed by atoms with Crippen LogP contribution < -0.4 is 0 Å². The van der Waals surface area contributed by atoms with Crippen molar-refractivity contribution in [1.82, 2.24) is 9.80 Å². The Hall–Kier alpha value is -3.50. The maximum absolute atomic E-state index is 10.2. The van der Waals surface area contributed by atoms with Crippen molar-refractivity contribution < 1.29 is 0 Å². The van der Waals surface area contributed by atoms with Gasteiger partial charge in [0, 0.05) is 34.8 Å². The predicted octanol–water partition coefficient (Wildman–Crippen LogP) is 11.1. The van der Waals surface area contributed by atoms with E-state index in [0.717, 1.165) is 76.2 Å². The summed E-state index contributed by atoms with van der Waals surface area (Å²) in [6, 6.07) is 6.13. The molecule has 9 aliphatic rings. The molecule has 2 heterocycles. The van der Waals surface area contributed by atoms with Crippen LogP contribution in [0, 0.1) is 52.3 Å². The molecule has 4 heteroatoms. The molecule has 0 N–H and O–H groups in total. The van der Waals surface area contributed by atoms with Crippen molar-refractivity contribution in [2.45, 2.75) is 153 Å². The predicted molar refractivity (Wildman–Crippen MR) is 206 cm³/mol. The fraction of sp³-hybridized carbons (Fsp3) is 0.617. The summed E-state index contributed by atoms with van der Waals surface area (Å²) in [6.45, 7) is 7.47. The van der Waals surface area contributed by atoms with Gasteiger partial charge in [0.25, 0.3) is 0 Å². The minimum absolute atomic E-state index is 0.0352. The first kappa shape index (κ1) is 33.3. The first-order valence-electron chi connectivity index (χ1n) is 20.8. The molecule has 0 aromatic heterocycles. The van der Waals surface area contributed by atoms with Crippen LogP contribution in [-0.2, 0) is 0 Å². The van der Waals surface area contributed by atoms with Crippen LogP contribution in [0.15, 0.2) is 93.4 Å². The Labute approximate surface area is 307 Å². The summed E-state index contributed by atoms with van der Waals surface area (Å²) in [5, 5.41) is 20.3. The normalized spacial score (nSPS) is 40.3. The van der Waals surface area contributed by atoms with E-state index < -0.39 is 0 Å². The molecule has 0 saturated carbocycles. The molecule has 266 valence electrons. The van der Waals surface area contributed by atoms with Gasteiger partial charge in [-0.05, 0) is 157 Å². The van der Waals surface area contributed by atoms with Crippen LogP contribution in [0.3, 0.4) is 0 Å². The Morgan fingerprint density at radius 2 is 1.57 bits per heavy atom. The van der Waals surface area contributed by atoms with Crippen LogP contribution in [0.5, 0.6) is 0 Å². The highest BCUT2D eigenvalue weighted by molar-refractivity contribution is 5.47. The third-order valence-electron chi connectivity index (χ3n) is 15.4. The number of hydrogen-bond donors (Lipinski definition) is 0. The van der Waals surface area contributed by atoms with Crippen molar-refractivity contribution in [3.05, 3.63) is 93.4 Å². The van der Waals surface area contributed by atoms with E-state index in [1.165, 1.54) is 49.7 Å². The van der Waals surface area contributed by atoms with Crippen molar-refractivity contribution in [2.24, 2.45) is 29.6 Å². The zero-order chi connectivity index (χ0) is 34.9. The molecule has 0 bridgehead atoms. The number of nitrogens with zero attached hydrogens (tertiary/aromatic N) is 4. The first-order valence-corrected chi connectivity index (χ1v) is 20.8. The van der Waals surface area contributed by atoms with Crippen LogP contribution in [0.2, 0.25) is 0 Å². The van der Waals surface area contributed by atoms with E-state index in [1.54, 1.807) is 28.1 Å². The molecule has 4 nitrogen and oxygen atoms in total.